The van der Waals surface area contributed by atoms with Crippen molar-refractivity contribution in [2.75, 3.05) is 13.2 Å². The first-order valence-corrected chi connectivity index (χ1v) is 7.19. The molecule has 19 heavy (non-hydrogen) atoms. The Morgan fingerprint density at radius 3 is 2.95 bits per heavy atom. The van der Waals surface area contributed by atoms with Gasteiger partial charge in [-0.15, -0.1) is 0 Å². The summed E-state index contributed by atoms with van der Waals surface area (Å²) >= 11 is 9.48. The molecule has 5 heteroatoms. The summed E-state index contributed by atoms with van der Waals surface area (Å²) in [4.78, 5) is 13.8. The highest BCUT2D eigenvalue weighted by atomic mass is 79.9. The maximum absolute atomic E-state index is 12.0. The zero-order valence-electron chi connectivity index (χ0n) is 10.6. The van der Waals surface area contributed by atoms with Crippen molar-refractivity contribution < 1.29 is 9.53 Å². The maximum atomic E-state index is 12.0. The first-order chi connectivity index (χ1) is 9.01. The summed E-state index contributed by atoms with van der Waals surface area (Å²) in [6.45, 7) is 6.53. The Morgan fingerprint density at radius 1 is 1.58 bits per heavy atom. The molecule has 0 aromatic heterocycles. The second-order valence-electron chi connectivity index (χ2n) is 4.56. The van der Waals surface area contributed by atoms with Crippen molar-refractivity contribution in [3.05, 3.63) is 45.9 Å². The van der Waals surface area contributed by atoms with Crippen LogP contribution in [0.4, 0.5) is 0 Å². The van der Waals surface area contributed by atoms with Gasteiger partial charge in [-0.3, -0.25) is 4.79 Å². The van der Waals surface area contributed by atoms with E-state index in [1.165, 1.54) is 6.08 Å². The van der Waals surface area contributed by atoms with E-state index >= 15 is 0 Å². The van der Waals surface area contributed by atoms with E-state index in [0.717, 1.165) is 10.0 Å². The monoisotopic (exact) mass is 343 g/mol. The van der Waals surface area contributed by atoms with E-state index in [1.807, 2.05) is 25.1 Å². The summed E-state index contributed by atoms with van der Waals surface area (Å²) in [5, 5.41) is 0.633. The van der Waals surface area contributed by atoms with Gasteiger partial charge in [0.25, 0.3) is 0 Å². The summed E-state index contributed by atoms with van der Waals surface area (Å²) in [7, 11) is 0. The van der Waals surface area contributed by atoms with Crippen LogP contribution in [0.1, 0.15) is 18.5 Å². The van der Waals surface area contributed by atoms with Gasteiger partial charge in [0, 0.05) is 16.0 Å². The lowest BCUT2D eigenvalue weighted by Crippen LogP contribution is -2.46. The fourth-order valence-corrected chi connectivity index (χ4v) is 3.09. The molecule has 102 valence electrons. The predicted molar refractivity (Wildman–Crippen MR) is 79.2 cm³/mol. The third-order valence-electron chi connectivity index (χ3n) is 3.10. The summed E-state index contributed by atoms with van der Waals surface area (Å²) in [6, 6.07) is 5.51. The van der Waals surface area contributed by atoms with E-state index in [1.54, 1.807) is 4.90 Å². The first kappa shape index (κ1) is 14.6. The lowest BCUT2D eigenvalue weighted by molar-refractivity contribution is -0.139. The number of nitrogens with zero attached hydrogens (tertiary/aromatic N) is 1. The lowest BCUT2D eigenvalue weighted by Gasteiger charge is -2.38. The zero-order chi connectivity index (χ0) is 14.0. The standard InChI is InChI=1S/C14H15BrClNO2/c1-3-14(18)17-7-9(2)19-8-13(17)10-4-11(15)6-12(16)5-10/h3-6,9,13H,1,7-8H2,2H3/t9-,13-/m0/s1. The molecule has 0 radical (unpaired) electrons. The summed E-state index contributed by atoms with van der Waals surface area (Å²) < 4.78 is 6.55. The molecule has 1 aliphatic heterocycles. The number of ether oxygens (including phenoxy) is 1. The van der Waals surface area contributed by atoms with Crippen LogP contribution in [0.25, 0.3) is 0 Å². The average Bonchev–Trinajstić information content (AvgIpc) is 2.36. The second kappa shape index (κ2) is 6.07. The Labute approximate surface area is 126 Å². The number of rotatable bonds is 2. The molecule has 0 bridgehead atoms. The maximum Gasteiger partial charge on any atom is 0.246 e. The molecule has 1 fully saturated rings. The smallest absolute Gasteiger partial charge is 0.246 e. The number of carbonyl (C=O) groups is 1. The molecule has 1 aromatic rings. The topological polar surface area (TPSA) is 29.5 Å². The second-order valence-corrected chi connectivity index (χ2v) is 5.91. The van der Waals surface area contributed by atoms with Gasteiger partial charge < -0.3 is 9.64 Å². The third kappa shape index (κ3) is 3.38. The summed E-state index contributed by atoms with van der Waals surface area (Å²) in [5.41, 5.74) is 0.960. The van der Waals surface area contributed by atoms with Gasteiger partial charge in [-0.05, 0) is 36.8 Å². The summed E-state index contributed by atoms with van der Waals surface area (Å²) in [6.07, 6.45) is 1.37. The van der Waals surface area contributed by atoms with Crippen molar-refractivity contribution in [2.24, 2.45) is 0 Å². The van der Waals surface area contributed by atoms with Crippen molar-refractivity contribution in [2.45, 2.75) is 19.1 Å². The molecular weight excluding hydrogens is 330 g/mol. The average molecular weight is 345 g/mol. The van der Waals surface area contributed by atoms with Gasteiger partial charge in [0.1, 0.15) is 0 Å². The van der Waals surface area contributed by atoms with Crippen molar-refractivity contribution in [3.63, 3.8) is 0 Å². The number of amides is 1. The van der Waals surface area contributed by atoms with Crippen LogP contribution in [-0.2, 0) is 9.53 Å². The van der Waals surface area contributed by atoms with Gasteiger partial charge in [0.15, 0.2) is 0 Å². The highest BCUT2D eigenvalue weighted by Crippen LogP contribution is 2.30. The molecule has 2 rings (SSSR count). The van der Waals surface area contributed by atoms with E-state index in [2.05, 4.69) is 22.5 Å². The van der Waals surface area contributed by atoms with E-state index in [9.17, 15) is 4.79 Å². The number of hydrogen-bond donors (Lipinski definition) is 0. The van der Waals surface area contributed by atoms with Gasteiger partial charge in [-0.1, -0.05) is 34.1 Å². The van der Waals surface area contributed by atoms with Crippen LogP contribution in [0.2, 0.25) is 5.02 Å². The van der Waals surface area contributed by atoms with Crippen LogP contribution in [0.15, 0.2) is 35.3 Å². The molecular formula is C14H15BrClNO2. The molecule has 1 saturated heterocycles. The van der Waals surface area contributed by atoms with Crippen molar-refractivity contribution in [3.8, 4) is 0 Å². The molecule has 0 spiro atoms. The molecule has 3 nitrogen and oxygen atoms in total. The number of halogens is 2. The van der Waals surface area contributed by atoms with Gasteiger partial charge in [-0.2, -0.15) is 0 Å². The first-order valence-electron chi connectivity index (χ1n) is 6.02. The van der Waals surface area contributed by atoms with Crippen LogP contribution in [0.3, 0.4) is 0 Å². The van der Waals surface area contributed by atoms with Crippen LogP contribution < -0.4 is 0 Å². The number of hydrogen-bond acceptors (Lipinski definition) is 2. The Balaban J connectivity index is 2.34. The minimum absolute atomic E-state index is 0.0303. The van der Waals surface area contributed by atoms with Gasteiger partial charge >= 0.3 is 0 Å². The van der Waals surface area contributed by atoms with E-state index in [0.29, 0.717) is 18.2 Å². The number of benzene rings is 1. The highest BCUT2D eigenvalue weighted by molar-refractivity contribution is 9.10. The molecule has 0 unspecified atom stereocenters. The highest BCUT2D eigenvalue weighted by Gasteiger charge is 2.30. The molecule has 0 saturated carbocycles. The quantitative estimate of drug-likeness (QED) is 0.768. The minimum Gasteiger partial charge on any atom is -0.374 e. The van der Waals surface area contributed by atoms with Crippen LogP contribution in [-0.4, -0.2) is 30.1 Å². The summed E-state index contributed by atoms with van der Waals surface area (Å²) in [5.74, 6) is -0.0868. The Bertz CT molecular complexity index is 486. The van der Waals surface area contributed by atoms with Gasteiger partial charge in [0.05, 0.1) is 18.8 Å². The molecule has 2 atom stereocenters. The lowest BCUT2D eigenvalue weighted by atomic mass is 10.0. The minimum atomic E-state index is -0.128. The normalized spacial score (nSPS) is 23.2. The molecule has 1 aromatic carbocycles. The third-order valence-corrected chi connectivity index (χ3v) is 3.77. The van der Waals surface area contributed by atoms with Crippen molar-refractivity contribution >= 4 is 33.4 Å². The van der Waals surface area contributed by atoms with E-state index in [-0.39, 0.29) is 18.1 Å². The predicted octanol–water partition coefficient (Wildman–Crippen LogP) is 3.58. The zero-order valence-corrected chi connectivity index (χ0v) is 12.9. The molecule has 0 N–H and O–H groups in total. The van der Waals surface area contributed by atoms with E-state index in [4.69, 9.17) is 16.3 Å². The van der Waals surface area contributed by atoms with Gasteiger partial charge in [-0.25, -0.2) is 0 Å². The fourth-order valence-electron chi connectivity index (χ4n) is 2.21. The molecule has 0 aliphatic carbocycles. The molecule has 1 aliphatic rings. The largest absolute Gasteiger partial charge is 0.374 e. The van der Waals surface area contributed by atoms with Crippen LogP contribution in [0, 0.1) is 0 Å². The van der Waals surface area contributed by atoms with Gasteiger partial charge in [0.2, 0.25) is 5.91 Å². The van der Waals surface area contributed by atoms with Crippen LogP contribution in [0.5, 0.6) is 0 Å². The Kier molecular flexibility index (Phi) is 4.66. The Hall–Kier alpha value is -0.840. The van der Waals surface area contributed by atoms with Crippen LogP contribution >= 0.6 is 27.5 Å². The fraction of sp³-hybridized carbons (Fsp3) is 0.357. The number of morpholine rings is 1. The van der Waals surface area contributed by atoms with Crippen molar-refractivity contribution in [1.82, 2.24) is 4.90 Å². The Morgan fingerprint density at radius 2 is 2.32 bits per heavy atom. The number of carbonyl (C=O) groups excluding carboxylic acids is 1. The SMILES string of the molecule is C=CC(=O)N1C[C@H](C)OC[C@H]1c1cc(Cl)cc(Br)c1. The van der Waals surface area contributed by atoms with Crippen molar-refractivity contribution in [1.29, 1.82) is 0 Å². The molecule has 1 amide bonds. The molecule has 1 heterocycles. The van der Waals surface area contributed by atoms with E-state index < -0.39 is 0 Å².